The Labute approximate surface area is 287 Å². The van der Waals surface area contributed by atoms with Crippen LogP contribution < -0.4 is 4.74 Å². The Balaban J connectivity index is 1.02. The highest BCUT2D eigenvalue weighted by Crippen LogP contribution is 2.73. The number of rotatable bonds is 8. The van der Waals surface area contributed by atoms with Crippen molar-refractivity contribution < 1.29 is 46.2 Å². The number of hydrogen-bond acceptors (Lipinski definition) is 12. The summed E-state index contributed by atoms with van der Waals surface area (Å²) in [7, 11) is -3.69. The number of hydrogen-bond donors (Lipinski definition) is 1. The summed E-state index contributed by atoms with van der Waals surface area (Å²) in [6.45, 7) is 9.17. The van der Waals surface area contributed by atoms with E-state index in [9.17, 15) is 23.1 Å². The van der Waals surface area contributed by atoms with Gasteiger partial charge in [-0.3, -0.25) is 8.98 Å². The average Bonchev–Trinajstić information content (AvgIpc) is 3.67. The molecule has 2 saturated heterocycles. The van der Waals surface area contributed by atoms with E-state index in [1.54, 1.807) is 18.5 Å². The van der Waals surface area contributed by atoms with Crippen molar-refractivity contribution in [3.8, 4) is 5.75 Å². The van der Waals surface area contributed by atoms with Gasteiger partial charge in [0.25, 0.3) is 10.1 Å². The number of fused-ring (bicyclic) bond motifs is 4. The summed E-state index contributed by atoms with van der Waals surface area (Å²) in [5.41, 5.74) is -0.458. The molecule has 0 aromatic carbocycles. The van der Waals surface area contributed by atoms with Crippen LogP contribution in [0.2, 0.25) is 0 Å². The first-order chi connectivity index (χ1) is 23.2. The molecule has 13 heteroatoms. The smallest absolute Gasteiger partial charge is 0.336 e. The number of epoxide rings is 1. The van der Waals surface area contributed by atoms with Gasteiger partial charge in [0.15, 0.2) is 17.4 Å². The van der Waals surface area contributed by atoms with E-state index in [1.807, 2.05) is 13.8 Å². The summed E-state index contributed by atoms with van der Waals surface area (Å²) in [6, 6.07) is 0. The monoisotopic (exact) mass is 698 g/mol. The van der Waals surface area contributed by atoms with Crippen LogP contribution in [-0.4, -0.2) is 91.3 Å². The summed E-state index contributed by atoms with van der Waals surface area (Å²) < 4.78 is 51.4. The maximum absolute atomic E-state index is 14.7. The van der Waals surface area contributed by atoms with E-state index in [0.717, 1.165) is 43.9 Å². The molecule has 3 saturated carbocycles. The summed E-state index contributed by atoms with van der Waals surface area (Å²) in [5, 5.41) is 11.6. The number of ketones is 1. The quantitative estimate of drug-likeness (QED) is 0.239. The fraction of sp³-hybridized carbons (Fsp3) is 0.722. The molecule has 1 aromatic heterocycles. The Bertz CT molecular complexity index is 1740. The third-order valence-corrected chi connectivity index (χ3v) is 14.3. The van der Waals surface area contributed by atoms with E-state index in [2.05, 4.69) is 23.8 Å². The van der Waals surface area contributed by atoms with Gasteiger partial charge in [-0.2, -0.15) is 8.42 Å². The zero-order chi connectivity index (χ0) is 34.7. The van der Waals surface area contributed by atoms with E-state index in [1.165, 1.54) is 0 Å². The first kappa shape index (κ1) is 33.4. The fourth-order valence-corrected chi connectivity index (χ4v) is 11.5. The van der Waals surface area contributed by atoms with Gasteiger partial charge in [0.05, 0.1) is 61.1 Å². The van der Waals surface area contributed by atoms with Crippen molar-refractivity contribution in [2.24, 2.45) is 40.4 Å². The highest BCUT2D eigenvalue weighted by Gasteiger charge is 2.81. The van der Waals surface area contributed by atoms with Crippen LogP contribution in [0.15, 0.2) is 29.6 Å². The van der Waals surface area contributed by atoms with Crippen molar-refractivity contribution in [3.63, 3.8) is 0 Å². The number of cyclic esters (lactones) is 1. The molecule has 11 atom stereocenters. The van der Waals surface area contributed by atoms with E-state index >= 15 is 0 Å². The van der Waals surface area contributed by atoms with Crippen LogP contribution in [-0.2, 0) is 38.1 Å². The second kappa shape index (κ2) is 11.4. The molecule has 266 valence electrons. The number of carbonyl (C=O) groups is 2. The number of esters is 1. The maximum atomic E-state index is 14.7. The van der Waals surface area contributed by atoms with Gasteiger partial charge in [0.2, 0.25) is 0 Å². The molecule has 0 radical (unpaired) electrons. The van der Waals surface area contributed by atoms with Crippen LogP contribution in [0.3, 0.4) is 0 Å². The zero-order valence-corrected chi connectivity index (χ0v) is 29.5. The molecule has 49 heavy (non-hydrogen) atoms. The van der Waals surface area contributed by atoms with Crippen LogP contribution in [0, 0.1) is 40.4 Å². The highest BCUT2D eigenvalue weighted by molar-refractivity contribution is 7.86. The lowest BCUT2D eigenvalue weighted by Crippen LogP contribution is -2.64. The summed E-state index contributed by atoms with van der Waals surface area (Å²) in [6.07, 6.45) is 9.35. The summed E-state index contributed by atoms with van der Waals surface area (Å²) in [5.74, 6) is 1.25. The maximum Gasteiger partial charge on any atom is 0.336 e. The molecule has 4 aliphatic carbocycles. The molecule has 7 aliphatic rings. The fourth-order valence-electron chi connectivity index (χ4n) is 11.1. The minimum Gasteiger partial charge on any atom is -0.482 e. The molecule has 1 N–H and O–H groups in total. The van der Waals surface area contributed by atoms with E-state index in [-0.39, 0.29) is 65.3 Å². The molecule has 3 aliphatic heterocycles. The predicted octanol–water partition coefficient (Wildman–Crippen LogP) is 3.43. The number of aliphatic hydroxyl groups excluding tert-OH is 1. The van der Waals surface area contributed by atoms with Gasteiger partial charge in [0.1, 0.15) is 23.9 Å². The van der Waals surface area contributed by atoms with Crippen molar-refractivity contribution in [1.82, 2.24) is 9.97 Å². The van der Waals surface area contributed by atoms with Crippen molar-refractivity contribution >= 4 is 27.4 Å². The standard InChI is InChI=1S/C36H46N2O10S/c1-18-10-28(47-33(41)24(18)17-45-49(5,42)43)19(2)25-6-7-26-22-12-30-36(48-30)29(39)11-23(31(40)35(36,4)27(22)8-9-34(25,26)3)32-37-13-20(14-38-32)46-21-15-44-16-21/h11,13-14,19,21-22,25-30,39H,6-10,12,15-17H2,1-5H3/t19-,22-,25+,26-,27-,28+,29-,30+,34+,35-,36+/m0/s1. The Kier molecular flexibility index (Phi) is 7.78. The molecule has 0 unspecified atom stereocenters. The van der Waals surface area contributed by atoms with E-state index in [4.69, 9.17) is 23.1 Å². The number of nitrogens with zero attached hydrogens (tertiary/aromatic N) is 2. The minimum absolute atomic E-state index is 0.0189. The van der Waals surface area contributed by atoms with Crippen molar-refractivity contribution in [2.75, 3.05) is 26.1 Å². The molecule has 5 fully saturated rings. The lowest BCUT2D eigenvalue weighted by atomic mass is 9.43. The number of ether oxygens (including phenoxy) is 4. The van der Waals surface area contributed by atoms with Gasteiger partial charge < -0.3 is 24.1 Å². The average molecular weight is 699 g/mol. The molecule has 0 amide bonds. The molecule has 4 heterocycles. The highest BCUT2D eigenvalue weighted by atomic mass is 32.2. The number of Topliss-reactive ketones (excluding diaryl/α,β-unsaturated/α-hetero) is 1. The Morgan fingerprint density at radius 2 is 1.84 bits per heavy atom. The second-order valence-corrected chi connectivity index (χ2v) is 17.7. The van der Waals surface area contributed by atoms with E-state index in [0.29, 0.717) is 42.8 Å². The SMILES string of the molecule is CC1=C(COS(C)(=O)=O)C(=O)O[C@@H]([C@@H](C)[C@H]2CC[C@H]3[C@@H]4C[C@H]5O[C@]56[C@@H](O)C=C(c5ncc(OC7COC7)cn5)C(=O)[C@]6(C)[C@H]4CC[C@]23C)C1. The zero-order valence-electron chi connectivity index (χ0n) is 28.7. The van der Waals surface area contributed by atoms with Gasteiger partial charge in [-0.25, -0.2) is 14.8 Å². The van der Waals surface area contributed by atoms with Crippen LogP contribution in [0.5, 0.6) is 5.75 Å². The molecule has 0 bridgehead atoms. The van der Waals surface area contributed by atoms with Crippen molar-refractivity contribution in [2.45, 2.75) is 96.2 Å². The van der Waals surface area contributed by atoms with Gasteiger partial charge in [-0.15, -0.1) is 0 Å². The first-order valence-corrected chi connectivity index (χ1v) is 19.4. The Morgan fingerprint density at radius 3 is 2.49 bits per heavy atom. The van der Waals surface area contributed by atoms with Gasteiger partial charge in [-0.1, -0.05) is 19.4 Å². The Hall–Kier alpha value is -2.71. The minimum atomic E-state index is -3.69. The molecule has 1 aromatic rings. The third-order valence-electron chi connectivity index (χ3n) is 13.7. The largest absolute Gasteiger partial charge is 0.482 e. The van der Waals surface area contributed by atoms with Gasteiger partial charge in [-0.05, 0) is 87.0 Å². The lowest BCUT2D eigenvalue weighted by molar-refractivity contribution is -0.155. The molecular weight excluding hydrogens is 652 g/mol. The summed E-state index contributed by atoms with van der Waals surface area (Å²) in [4.78, 5) is 36.7. The summed E-state index contributed by atoms with van der Waals surface area (Å²) >= 11 is 0. The topological polar surface area (TPSA) is 164 Å². The van der Waals surface area contributed by atoms with Crippen LogP contribution in [0.25, 0.3) is 5.57 Å². The van der Waals surface area contributed by atoms with Crippen LogP contribution in [0.1, 0.15) is 72.0 Å². The normalized spacial score (nSPS) is 42.2. The molecule has 1 spiro atoms. The lowest BCUT2D eigenvalue weighted by Gasteiger charge is -2.58. The number of carbonyl (C=O) groups excluding carboxylic acids is 2. The number of aromatic nitrogens is 2. The van der Waals surface area contributed by atoms with E-state index < -0.39 is 33.2 Å². The van der Waals surface area contributed by atoms with Crippen LogP contribution >= 0.6 is 0 Å². The van der Waals surface area contributed by atoms with Crippen molar-refractivity contribution in [1.29, 1.82) is 0 Å². The van der Waals surface area contributed by atoms with Gasteiger partial charge >= 0.3 is 5.97 Å². The predicted molar refractivity (Wildman–Crippen MR) is 174 cm³/mol. The first-order valence-electron chi connectivity index (χ1n) is 17.6. The molecule has 8 rings (SSSR count). The van der Waals surface area contributed by atoms with Crippen LogP contribution in [0.4, 0.5) is 0 Å². The van der Waals surface area contributed by atoms with Gasteiger partial charge in [0, 0.05) is 6.42 Å². The number of aliphatic hydroxyl groups is 1. The Morgan fingerprint density at radius 1 is 1.10 bits per heavy atom. The molecular formula is C36H46N2O10S. The number of allylic oxidation sites excluding steroid dienone is 1. The second-order valence-electron chi connectivity index (χ2n) is 16.0. The third kappa shape index (κ3) is 5.00. The molecule has 12 nitrogen and oxygen atoms in total. The van der Waals surface area contributed by atoms with Crippen molar-refractivity contribution in [3.05, 3.63) is 35.4 Å².